The summed E-state index contributed by atoms with van der Waals surface area (Å²) in [6.07, 6.45) is 21.3. The van der Waals surface area contributed by atoms with Gasteiger partial charge < -0.3 is 76.6 Å². The van der Waals surface area contributed by atoms with Crippen LogP contribution >= 0.6 is 11.8 Å². The molecular formula is C66H113N17O10S. The van der Waals surface area contributed by atoms with Gasteiger partial charge in [-0.3, -0.25) is 38.4 Å². The van der Waals surface area contributed by atoms with Gasteiger partial charge in [0.05, 0.1) is 18.2 Å². The highest BCUT2D eigenvalue weighted by Gasteiger charge is 2.45. The molecular weight excluding hydrogens is 1220 g/mol. The van der Waals surface area contributed by atoms with Gasteiger partial charge in [-0.05, 0) is 77.2 Å². The molecule has 27 nitrogen and oxygen atoms in total. The second-order valence-corrected chi connectivity index (χ2v) is 28.1. The van der Waals surface area contributed by atoms with Crippen LogP contribution in [0.1, 0.15) is 181 Å². The molecule has 528 valence electrons. The molecule has 6 saturated heterocycles. The number of piperazine rings is 4. The molecule has 6 aliphatic heterocycles. The second kappa shape index (κ2) is 39.1. The van der Waals surface area contributed by atoms with Crippen molar-refractivity contribution in [3.05, 3.63) is 0 Å². The molecule has 6 aliphatic rings. The largest absolute Gasteiger partial charge is 0.391 e. The predicted molar refractivity (Wildman–Crippen MR) is 364 cm³/mol. The molecule has 7 heterocycles. The summed E-state index contributed by atoms with van der Waals surface area (Å²) >= 11 is 1.92. The molecule has 8 atom stereocenters. The maximum absolute atomic E-state index is 13.7. The highest BCUT2D eigenvalue weighted by molar-refractivity contribution is 8.00. The highest BCUT2D eigenvalue weighted by Crippen LogP contribution is 2.33. The summed E-state index contributed by atoms with van der Waals surface area (Å²) in [5, 5.41) is 25.9. The molecule has 0 unspecified atom stereocenters. The number of aromatic nitrogens is 3. The van der Waals surface area contributed by atoms with E-state index in [0.29, 0.717) is 127 Å². The first-order chi connectivity index (χ1) is 45.4. The molecule has 0 radical (unpaired) electrons. The van der Waals surface area contributed by atoms with Crippen LogP contribution in [0, 0.1) is 5.92 Å². The number of thioether (sulfide) groups is 1. The van der Waals surface area contributed by atoms with Crippen molar-refractivity contribution in [2.24, 2.45) is 11.7 Å². The molecule has 6 fully saturated rings. The number of rotatable bonds is 41. The number of carbonyl (C=O) groups is 9. The molecule has 7 rings (SSSR count). The summed E-state index contributed by atoms with van der Waals surface area (Å²) < 4.78 is 0. The number of aliphatic hydroxyl groups is 1. The predicted octanol–water partition coefficient (Wildman–Crippen LogP) is 3.43. The molecule has 0 spiro atoms. The fourth-order valence-corrected chi connectivity index (χ4v) is 15.3. The number of anilines is 3. The van der Waals surface area contributed by atoms with Gasteiger partial charge in [0.25, 0.3) is 0 Å². The lowest BCUT2D eigenvalue weighted by Gasteiger charge is -2.43. The van der Waals surface area contributed by atoms with Gasteiger partial charge in [-0.1, -0.05) is 104 Å². The van der Waals surface area contributed by atoms with E-state index < -0.39 is 30.1 Å². The van der Waals surface area contributed by atoms with Crippen LogP contribution in [0.5, 0.6) is 0 Å². The van der Waals surface area contributed by atoms with Crippen molar-refractivity contribution >= 4 is 82.9 Å². The molecule has 8 N–H and O–H groups in total. The first kappa shape index (κ1) is 75.1. The van der Waals surface area contributed by atoms with E-state index in [2.05, 4.69) is 36.4 Å². The van der Waals surface area contributed by atoms with Gasteiger partial charge in [0.15, 0.2) is 0 Å². The van der Waals surface area contributed by atoms with Gasteiger partial charge in [-0.15, -0.1) is 0 Å². The standard InChI is InChI=1S/C66H113N17O10S/c1-6-47(2)58-62(92)83(45-56(89)76(58)4)50(27-21-23-31-67)60(90)69-33-25-18-14-10-8-12-16-20-30-54(87)79-37-41-81(42-38-79)65-74-63(70-34-26-22-28-51-57-49(46-94-51)71-66(93)72-57)73-64(75-65)80-39-35-78(36-40-80)53(86)29-19-15-11-7-9-13-17-24-32-68-52(85)43-82-44-55(88)77(5)59(48(3)84)61(82)91/h47-51,57-59,84H,6-46,67H2,1-5H3,(H,68,85)(H,69,90)(H2,71,72,93)(H,70,73,74,75)/t47-,48+,49-,50-,51-,57-,58-,59-/m0/s1. The number of aliphatic hydroxyl groups excluding tert-OH is 1. The summed E-state index contributed by atoms with van der Waals surface area (Å²) in [4.78, 5) is 145. The fraction of sp³-hybridized carbons (Fsp3) is 0.818. The maximum atomic E-state index is 13.7. The van der Waals surface area contributed by atoms with Crippen LogP contribution in [-0.4, -0.2) is 262 Å². The first-order valence-corrected chi connectivity index (χ1v) is 36.7. The van der Waals surface area contributed by atoms with Crippen LogP contribution in [0.4, 0.5) is 22.6 Å². The van der Waals surface area contributed by atoms with E-state index in [-0.39, 0.29) is 85.0 Å². The average molecular weight is 1340 g/mol. The van der Waals surface area contributed by atoms with Gasteiger partial charge in [0.2, 0.25) is 65.1 Å². The van der Waals surface area contributed by atoms with E-state index in [9.17, 15) is 48.3 Å². The van der Waals surface area contributed by atoms with Crippen LogP contribution in [0.3, 0.4) is 0 Å². The third-order valence-corrected chi connectivity index (χ3v) is 21.3. The van der Waals surface area contributed by atoms with Gasteiger partial charge in [-0.25, -0.2) is 4.79 Å². The Balaban J connectivity index is 0.764. The fourth-order valence-electron chi connectivity index (χ4n) is 13.7. The Morgan fingerprint density at radius 1 is 0.617 bits per heavy atom. The van der Waals surface area contributed by atoms with Crippen LogP contribution in [0.25, 0.3) is 0 Å². The molecule has 94 heavy (non-hydrogen) atoms. The zero-order chi connectivity index (χ0) is 67.5. The van der Waals surface area contributed by atoms with E-state index >= 15 is 0 Å². The summed E-state index contributed by atoms with van der Waals surface area (Å²) in [6.45, 7) is 11.9. The van der Waals surface area contributed by atoms with Crippen molar-refractivity contribution < 1.29 is 48.3 Å². The summed E-state index contributed by atoms with van der Waals surface area (Å²) in [5.41, 5.74) is 5.76. The minimum atomic E-state index is -1.04. The zero-order valence-corrected chi connectivity index (χ0v) is 58.0. The van der Waals surface area contributed by atoms with Crippen molar-refractivity contribution in [1.29, 1.82) is 0 Å². The molecule has 0 bridgehead atoms. The molecule has 1 aromatic rings. The molecule has 0 aromatic carbocycles. The summed E-state index contributed by atoms with van der Waals surface area (Å²) in [6, 6.07) is -1.94. The minimum absolute atomic E-state index is 0.0175. The number of nitrogens with one attached hydrogen (secondary N) is 5. The Hall–Kier alpha value is -6.29. The highest BCUT2D eigenvalue weighted by atomic mass is 32.2. The molecule has 1 aromatic heterocycles. The Morgan fingerprint density at radius 3 is 1.69 bits per heavy atom. The van der Waals surface area contributed by atoms with E-state index in [1.807, 2.05) is 35.4 Å². The Morgan fingerprint density at radius 2 is 1.14 bits per heavy atom. The van der Waals surface area contributed by atoms with Crippen molar-refractivity contribution in [2.75, 3.05) is 133 Å². The monoisotopic (exact) mass is 1340 g/mol. The first-order valence-electron chi connectivity index (χ1n) is 35.7. The normalized spacial score (nSPS) is 21.9. The Kier molecular flexibility index (Phi) is 31.2. The van der Waals surface area contributed by atoms with Crippen molar-refractivity contribution in [3.63, 3.8) is 0 Å². The van der Waals surface area contributed by atoms with Crippen LogP contribution in [0.15, 0.2) is 0 Å². The molecule has 0 aliphatic carbocycles. The average Bonchev–Trinajstić information content (AvgIpc) is 1.05. The Labute approximate surface area is 562 Å². The third-order valence-electron chi connectivity index (χ3n) is 19.8. The number of nitrogens with two attached hydrogens (primary N) is 1. The maximum Gasteiger partial charge on any atom is 0.315 e. The number of fused-ring (bicyclic) bond motifs is 1. The summed E-state index contributed by atoms with van der Waals surface area (Å²) in [7, 11) is 3.16. The van der Waals surface area contributed by atoms with E-state index in [0.717, 1.165) is 141 Å². The van der Waals surface area contributed by atoms with Gasteiger partial charge in [0.1, 0.15) is 37.8 Å². The number of hydrogen-bond acceptors (Lipinski definition) is 18. The van der Waals surface area contributed by atoms with E-state index in [4.69, 9.17) is 20.7 Å². The third kappa shape index (κ3) is 22.4. The topological polar surface area (TPSA) is 325 Å². The van der Waals surface area contributed by atoms with Crippen molar-refractivity contribution in [3.8, 4) is 0 Å². The molecule has 10 amide bonds. The Bertz CT molecular complexity index is 2630. The van der Waals surface area contributed by atoms with Crippen LogP contribution < -0.4 is 42.1 Å². The lowest BCUT2D eigenvalue weighted by Crippen LogP contribution is -2.64. The quantitative estimate of drug-likeness (QED) is 0.0365. The van der Waals surface area contributed by atoms with Gasteiger partial charge in [-0.2, -0.15) is 26.7 Å². The number of likely N-dealkylation sites (N-methyl/N-ethyl adjacent to an activating group) is 2. The minimum Gasteiger partial charge on any atom is -0.391 e. The second-order valence-electron chi connectivity index (χ2n) is 26.8. The number of urea groups is 1. The lowest BCUT2D eigenvalue weighted by molar-refractivity contribution is -0.161. The SMILES string of the molecule is CC[C@H](C)[C@H]1C(=O)N([C@@H](CCCCN)C(=O)NCCCCCCCCCCC(=O)N2CCN(c3nc(NCCCC[C@@H]4SC[C@@H]5NC(=O)N[C@@H]54)nc(N4CCN(C(=O)CCCCCCCCCCNC(=O)CN5CC(=O)N(C)[C@@H]([C@@H](C)O)C5=O)CC4)n3)CC2)CC(=O)N1C. The molecule has 28 heteroatoms. The molecule has 0 saturated carbocycles. The van der Waals surface area contributed by atoms with Crippen LogP contribution in [0.2, 0.25) is 0 Å². The van der Waals surface area contributed by atoms with E-state index in [1.165, 1.54) is 28.7 Å². The van der Waals surface area contributed by atoms with Crippen molar-refractivity contribution in [1.82, 2.24) is 65.6 Å². The number of nitrogens with zero attached hydrogens (tertiary/aromatic N) is 11. The lowest BCUT2D eigenvalue weighted by atomic mass is 9.93. The number of unbranched alkanes of at least 4 members (excludes halogenated alkanes) is 16. The van der Waals surface area contributed by atoms with E-state index in [1.54, 1.807) is 11.9 Å². The van der Waals surface area contributed by atoms with Crippen molar-refractivity contribution in [2.45, 2.75) is 223 Å². The zero-order valence-electron chi connectivity index (χ0n) is 57.1. The van der Waals surface area contributed by atoms with Gasteiger partial charge >= 0.3 is 6.03 Å². The van der Waals surface area contributed by atoms with Gasteiger partial charge in [0, 0.05) is 110 Å². The number of hydrogen-bond donors (Lipinski definition) is 7. The number of carbonyl (C=O) groups excluding carboxylic acids is 9. The van der Waals surface area contributed by atoms with Crippen LogP contribution in [-0.2, 0) is 38.4 Å². The number of amides is 10. The summed E-state index contributed by atoms with van der Waals surface area (Å²) in [5.74, 6) is 1.35. The smallest absolute Gasteiger partial charge is 0.315 e.